The van der Waals surface area contributed by atoms with Crippen molar-refractivity contribution >= 4 is 5.91 Å². The minimum Gasteiger partial charge on any atom is -0.338 e. The molecule has 0 aliphatic carbocycles. The molecule has 0 radical (unpaired) electrons. The van der Waals surface area contributed by atoms with Crippen LogP contribution in [0, 0.1) is 5.41 Å². The van der Waals surface area contributed by atoms with Crippen LogP contribution < -0.4 is 5.73 Å². The summed E-state index contributed by atoms with van der Waals surface area (Å²) in [6.07, 6.45) is 0.805. The van der Waals surface area contributed by atoms with Crippen LogP contribution in [0.3, 0.4) is 0 Å². The summed E-state index contributed by atoms with van der Waals surface area (Å²) in [6.45, 7) is 9.53. The summed E-state index contributed by atoms with van der Waals surface area (Å²) < 4.78 is 5.40. The zero-order chi connectivity index (χ0) is 18.2. The third kappa shape index (κ3) is 3.44. The molecule has 2 heterocycles. The minimum atomic E-state index is -0.0991. The van der Waals surface area contributed by atoms with Gasteiger partial charge in [0.05, 0.1) is 11.1 Å². The zero-order valence-electron chi connectivity index (χ0n) is 15.3. The van der Waals surface area contributed by atoms with Crippen LogP contribution in [0.4, 0.5) is 0 Å². The summed E-state index contributed by atoms with van der Waals surface area (Å²) in [5.74, 6) is 1.19. The highest BCUT2D eigenvalue weighted by Gasteiger charge is 2.36. The molecule has 0 spiro atoms. The van der Waals surface area contributed by atoms with E-state index in [-0.39, 0.29) is 23.3 Å². The fraction of sp³-hybridized carbons (Fsp3) is 0.526. The van der Waals surface area contributed by atoms with E-state index in [2.05, 4.69) is 24.0 Å². The summed E-state index contributed by atoms with van der Waals surface area (Å²) in [5, 5.41) is 4.01. The maximum Gasteiger partial charge on any atom is 0.258 e. The Bertz CT molecular complexity index is 766. The zero-order valence-corrected chi connectivity index (χ0v) is 15.3. The third-order valence-corrected chi connectivity index (χ3v) is 4.95. The summed E-state index contributed by atoms with van der Waals surface area (Å²) in [6, 6.07) is 7.51. The van der Waals surface area contributed by atoms with Crippen molar-refractivity contribution < 1.29 is 9.32 Å². The number of amides is 1. The number of aromatic nitrogens is 2. The Labute approximate surface area is 148 Å². The second-order valence-electron chi connectivity index (χ2n) is 7.77. The van der Waals surface area contributed by atoms with Gasteiger partial charge in [0.1, 0.15) is 0 Å². The SMILES string of the molecule is CC(C)c1noc(-c2ccccc2C(=O)N2CCC(N)C(C)(C)C2)n1. The molecule has 1 saturated heterocycles. The first-order chi connectivity index (χ1) is 11.8. The van der Waals surface area contributed by atoms with Crippen LogP contribution in [0.2, 0.25) is 0 Å². The van der Waals surface area contributed by atoms with Crippen molar-refractivity contribution in [1.82, 2.24) is 15.0 Å². The number of hydrogen-bond donors (Lipinski definition) is 1. The number of likely N-dealkylation sites (tertiary alicyclic amines) is 1. The highest BCUT2D eigenvalue weighted by Crippen LogP contribution is 2.30. The molecule has 0 bridgehead atoms. The maximum absolute atomic E-state index is 13.1. The largest absolute Gasteiger partial charge is 0.338 e. The number of piperidine rings is 1. The minimum absolute atomic E-state index is 0.0140. The van der Waals surface area contributed by atoms with Crippen molar-refractivity contribution in [3.05, 3.63) is 35.7 Å². The topological polar surface area (TPSA) is 85.2 Å². The average Bonchev–Trinajstić information content (AvgIpc) is 3.07. The van der Waals surface area contributed by atoms with E-state index >= 15 is 0 Å². The molecule has 1 aliphatic heterocycles. The lowest BCUT2D eigenvalue weighted by molar-refractivity contribution is 0.0533. The number of carbonyl (C=O) groups excluding carboxylic acids is 1. The molecule has 1 amide bonds. The van der Waals surface area contributed by atoms with Gasteiger partial charge in [-0.1, -0.05) is 45.0 Å². The van der Waals surface area contributed by atoms with Crippen molar-refractivity contribution in [2.75, 3.05) is 13.1 Å². The first kappa shape index (κ1) is 17.6. The smallest absolute Gasteiger partial charge is 0.258 e. The standard InChI is InChI=1S/C19H26N4O2/c1-12(2)16-21-17(25-22-16)13-7-5-6-8-14(13)18(24)23-10-9-15(20)19(3,4)11-23/h5-8,12,15H,9-11,20H2,1-4H3. The lowest BCUT2D eigenvalue weighted by Crippen LogP contribution is -2.54. The van der Waals surface area contributed by atoms with Gasteiger partial charge < -0.3 is 15.2 Å². The van der Waals surface area contributed by atoms with Crippen LogP contribution in [-0.4, -0.2) is 40.1 Å². The Balaban J connectivity index is 1.91. The van der Waals surface area contributed by atoms with Crippen LogP contribution in [0.1, 0.15) is 56.2 Å². The van der Waals surface area contributed by atoms with Gasteiger partial charge in [-0.15, -0.1) is 0 Å². The predicted molar refractivity (Wildman–Crippen MR) is 96.1 cm³/mol. The molecule has 1 unspecified atom stereocenters. The van der Waals surface area contributed by atoms with E-state index < -0.39 is 0 Å². The second kappa shape index (κ2) is 6.59. The van der Waals surface area contributed by atoms with Crippen LogP contribution >= 0.6 is 0 Å². The molecule has 134 valence electrons. The molecule has 0 saturated carbocycles. The Hall–Kier alpha value is -2.21. The summed E-state index contributed by atoms with van der Waals surface area (Å²) in [4.78, 5) is 19.4. The highest BCUT2D eigenvalue weighted by molar-refractivity contribution is 6.00. The molecular weight excluding hydrogens is 316 g/mol. The second-order valence-corrected chi connectivity index (χ2v) is 7.77. The molecule has 1 fully saturated rings. The first-order valence-electron chi connectivity index (χ1n) is 8.77. The van der Waals surface area contributed by atoms with Gasteiger partial charge in [0.15, 0.2) is 5.82 Å². The molecule has 6 nitrogen and oxygen atoms in total. The van der Waals surface area contributed by atoms with E-state index in [9.17, 15) is 4.79 Å². The predicted octanol–water partition coefficient (Wildman–Crippen LogP) is 3.06. The van der Waals surface area contributed by atoms with E-state index in [1.807, 2.05) is 43.0 Å². The van der Waals surface area contributed by atoms with Crippen LogP contribution in [0.25, 0.3) is 11.5 Å². The van der Waals surface area contributed by atoms with E-state index in [0.29, 0.717) is 35.9 Å². The molecule has 1 aromatic carbocycles. The first-order valence-corrected chi connectivity index (χ1v) is 8.77. The summed E-state index contributed by atoms with van der Waals surface area (Å²) in [5.41, 5.74) is 7.37. The van der Waals surface area contributed by atoms with Crippen molar-refractivity contribution in [2.45, 2.75) is 46.1 Å². The van der Waals surface area contributed by atoms with Gasteiger partial charge in [-0.25, -0.2) is 0 Å². The number of carbonyl (C=O) groups is 1. The Morgan fingerprint density at radius 2 is 2.08 bits per heavy atom. The van der Waals surface area contributed by atoms with Gasteiger partial charge in [0, 0.05) is 25.0 Å². The lowest BCUT2D eigenvalue weighted by Gasteiger charge is -2.42. The van der Waals surface area contributed by atoms with E-state index in [1.165, 1.54) is 0 Å². The molecular formula is C19H26N4O2. The summed E-state index contributed by atoms with van der Waals surface area (Å²) >= 11 is 0. The Morgan fingerprint density at radius 3 is 2.72 bits per heavy atom. The number of hydrogen-bond acceptors (Lipinski definition) is 5. The fourth-order valence-corrected chi connectivity index (χ4v) is 3.15. The number of nitrogens with two attached hydrogens (primary N) is 1. The molecule has 2 N–H and O–H groups in total. The van der Waals surface area contributed by atoms with Crippen molar-refractivity contribution in [3.63, 3.8) is 0 Å². The van der Waals surface area contributed by atoms with Crippen LogP contribution in [-0.2, 0) is 0 Å². The number of rotatable bonds is 3. The molecule has 2 aromatic rings. The molecule has 1 aliphatic rings. The van der Waals surface area contributed by atoms with Crippen molar-refractivity contribution in [3.8, 4) is 11.5 Å². The third-order valence-electron chi connectivity index (χ3n) is 4.95. The summed E-state index contributed by atoms with van der Waals surface area (Å²) in [7, 11) is 0. The maximum atomic E-state index is 13.1. The van der Waals surface area contributed by atoms with Gasteiger partial charge in [0.25, 0.3) is 11.8 Å². The van der Waals surface area contributed by atoms with Gasteiger partial charge in [-0.05, 0) is 24.0 Å². The van der Waals surface area contributed by atoms with Gasteiger partial charge >= 0.3 is 0 Å². The van der Waals surface area contributed by atoms with E-state index in [0.717, 1.165) is 6.42 Å². The molecule has 1 aromatic heterocycles. The van der Waals surface area contributed by atoms with Crippen molar-refractivity contribution in [1.29, 1.82) is 0 Å². The van der Waals surface area contributed by atoms with E-state index in [4.69, 9.17) is 10.3 Å². The molecule has 6 heteroatoms. The molecule has 3 rings (SSSR count). The van der Waals surface area contributed by atoms with Gasteiger partial charge in [0.2, 0.25) is 0 Å². The Morgan fingerprint density at radius 1 is 1.36 bits per heavy atom. The van der Waals surface area contributed by atoms with E-state index in [1.54, 1.807) is 0 Å². The molecule has 1 atom stereocenters. The number of benzene rings is 1. The average molecular weight is 342 g/mol. The van der Waals surface area contributed by atoms with Crippen LogP contribution in [0.5, 0.6) is 0 Å². The number of nitrogens with zero attached hydrogens (tertiary/aromatic N) is 3. The quantitative estimate of drug-likeness (QED) is 0.926. The van der Waals surface area contributed by atoms with Crippen molar-refractivity contribution in [2.24, 2.45) is 11.1 Å². The highest BCUT2D eigenvalue weighted by atomic mass is 16.5. The van der Waals surface area contributed by atoms with Crippen LogP contribution in [0.15, 0.2) is 28.8 Å². The van der Waals surface area contributed by atoms with Gasteiger partial charge in [-0.3, -0.25) is 4.79 Å². The lowest BCUT2D eigenvalue weighted by atomic mass is 9.79. The Kier molecular flexibility index (Phi) is 4.64. The fourth-order valence-electron chi connectivity index (χ4n) is 3.15. The van der Waals surface area contributed by atoms with Gasteiger partial charge in [-0.2, -0.15) is 4.98 Å². The normalized spacial score (nSPS) is 20.1. The monoisotopic (exact) mass is 342 g/mol. The molecule has 25 heavy (non-hydrogen) atoms.